The summed E-state index contributed by atoms with van der Waals surface area (Å²) < 4.78 is 9.22. The van der Waals surface area contributed by atoms with Crippen molar-refractivity contribution in [1.82, 2.24) is 24.3 Å². The van der Waals surface area contributed by atoms with Crippen molar-refractivity contribution in [2.75, 3.05) is 25.1 Å². The van der Waals surface area contributed by atoms with E-state index in [1.54, 1.807) is 12.5 Å². The largest absolute Gasteiger partial charge is 0.382 e. The van der Waals surface area contributed by atoms with Crippen LogP contribution >= 0.6 is 0 Å². The SMILES string of the molecule is CCOCCCNc1nccn1Cc1nncn1C. The van der Waals surface area contributed by atoms with Gasteiger partial charge in [0.15, 0.2) is 5.82 Å². The molecule has 2 heterocycles. The lowest BCUT2D eigenvalue weighted by atomic mass is 10.4. The number of rotatable bonds is 8. The van der Waals surface area contributed by atoms with Crippen LogP contribution < -0.4 is 5.32 Å². The molecular weight excluding hydrogens is 244 g/mol. The second-order valence-electron chi connectivity index (χ2n) is 4.21. The Hall–Kier alpha value is -1.89. The molecule has 104 valence electrons. The second kappa shape index (κ2) is 6.89. The van der Waals surface area contributed by atoms with Gasteiger partial charge >= 0.3 is 0 Å². The molecule has 0 saturated carbocycles. The van der Waals surface area contributed by atoms with Crippen LogP contribution in [0.1, 0.15) is 19.2 Å². The number of nitrogens with one attached hydrogen (secondary N) is 1. The summed E-state index contributed by atoms with van der Waals surface area (Å²) in [7, 11) is 1.93. The molecule has 0 saturated heterocycles. The molecule has 0 radical (unpaired) electrons. The number of ether oxygens (including phenoxy) is 1. The molecule has 0 fully saturated rings. The lowest BCUT2D eigenvalue weighted by Crippen LogP contribution is -2.12. The van der Waals surface area contributed by atoms with Crippen molar-refractivity contribution in [1.29, 1.82) is 0 Å². The van der Waals surface area contributed by atoms with E-state index in [2.05, 4.69) is 20.5 Å². The van der Waals surface area contributed by atoms with Crippen molar-refractivity contribution in [3.63, 3.8) is 0 Å². The van der Waals surface area contributed by atoms with Crippen molar-refractivity contribution in [2.24, 2.45) is 7.05 Å². The molecule has 0 atom stereocenters. The van der Waals surface area contributed by atoms with E-state index in [0.29, 0.717) is 6.54 Å². The monoisotopic (exact) mass is 264 g/mol. The highest BCUT2D eigenvalue weighted by molar-refractivity contribution is 5.26. The van der Waals surface area contributed by atoms with E-state index in [1.807, 2.05) is 29.3 Å². The summed E-state index contributed by atoms with van der Waals surface area (Å²) in [5.41, 5.74) is 0. The van der Waals surface area contributed by atoms with E-state index in [1.165, 1.54) is 0 Å². The van der Waals surface area contributed by atoms with Crippen LogP contribution in [0.3, 0.4) is 0 Å². The average Bonchev–Trinajstić information content (AvgIpc) is 3.00. The van der Waals surface area contributed by atoms with Crippen molar-refractivity contribution >= 4 is 5.95 Å². The third-order valence-electron chi connectivity index (χ3n) is 2.79. The van der Waals surface area contributed by atoms with Crippen molar-refractivity contribution in [3.05, 3.63) is 24.5 Å². The van der Waals surface area contributed by atoms with Gasteiger partial charge in [0.05, 0.1) is 6.54 Å². The molecule has 0 amide bonds. The lowest BCUT2D eigenvalue weighted by molar-refractivity contribution is 0.147. The molecule has 7 heteroatoms. The van der Waals surface area contributed by atoms with Gasteiger partial charge in [-0.25, -0.2) is 4.98 Å². The zero-order valence-electron chi connectivity index (χ0n) is 11.4. The summed E-state index contributed by atoms with van der Waals surface area (Å²) in [5.74, 6) is 1.75. The first-order valence-corrected chi connectivity index (χ1v) is 6.47. The van der Waals surface area contributed by atoms with Crippen LogP contribution in [0, 0.1) is 0 Å². The maximum atomic E-state index is 5.30. The molecule has 0 aliphatic heterocycles. The first-order valence-electron chi connectivity index (χ1n) is 6.47. The fourth-order valence-corrected chi connectivity index (χ4v) is 1.73. The van der Waals surface area contributed by atoms with Crippen LogP contribution in [-0.4, -0.2) is 44.1 Å². The number of hydrogen-bond donors (Lipinski definition) is 1. The summed E-state index contributed by atoms with van der Waals surface area (Å²) in [6.07, 6.45) is 6.37. The molecule has 2 aromatic rings. The zero-order chi connectivity index (χ0) is 13.5. The maximum absolute atomic E-state index is 5.30. The zero-order valence-corrected chi connectivity index (χ0v) is 11.4. The predicted molar refractivity (Wildman–Crippen MR) is 71.9 cm³/mol. The summed E-state index contributed by atoms with van der Waals surface area (Å²) >= 11 is 0. The Bertz CT molecular complexity index is 492. The standard InChI is InChI=1S/C12H20N6O/c1-3-19-8-4-5-13-12-14-6-7-18(12)9-11-16-15-10-17(11)2/h6-7,10H,3-5,8-9H2,1-2H3,(H,13,14). The van der Waals surface area contributed by atoms with Crippen LogP contribution in [-0.2, 0) is 18.3 Å². The van der Waals surface area contributed by atoms with Crippen LogP contribution in [0.15, 0.2) is 18.7 Å². The quantitative estimate of drug-likeness (QED) is 0.717. The van der Waals surface area contributed by atoms with Gasteiger partial charge in [-0.2, -0.15) is 0 Å². The fraction of sp³-hybridized carbons (Fsp3) is 0.583. The molecule has 0 bridgehead atoms. The third-order valence-corrected chi connectivity index (χ3v) is 2.79. The van der Waals surface area contributed by atoms with E-state index in [-0.39, 0.29) is 0 Å². The molecule has 2 rings (SSSR count). The summed E-state index contributed by atoms with van der Waals surface area (Å²) in [6, 6.07) is 0. The number of aryl methyl sites for hydroxylation is 1. The van der Waals surface area contributed by atoms with E-state index in [9.17, 15) is 0 Å². The van der Waals surface area contributed by atoms with E-state index in [4.69, 9.17) is 4.74 Å². The van der Waals surface area contributed by atoms with Crippen LogP contribution in [0.25, 0.3) is 0 Å². The molecule has 0 aliphatic rings. The highest BCUT2D eigenvalue weighted by atomic mass is 16.5. The molecule has 0 unspecified atom stereocenters. The molecule has 7 nitrogen and oxygen atoms in total. The van der Waals surface area contributed by atoms with E-state index in [0.717, 1.165) is 38.0 Å². The minimum atomic E-state index is 0.657. The Morgan fingerprint density at radius 2 is 2.32 bits per heavy atom. The molecular formula is C12H20N6O. The molecule has 2 aromatic heterocycles. The Kier molecular flexibility index (Phi) is 4.91. The number of aromatic nitrogens is 5. The average molecular weight is 264 g/mol. The van der Waals surface area contributed by atoms with Crippen molar-refractivity contribution in [3.8, 4) is 0 Å². The Labute approximate surface area is 112 Å². The van der Waals surface area contributed by atoms with Gasteiger partial charge in [0.25, 0.3) is 0 Å². The van der Waals surface area contributed by atoms with Gasteiger partial charge in [-0.1, -0.05) is 0 Å². The number of hydrogen-bond acceptors (Lipinski definition) is 5. The first-order chi connectivity index (χ1) is 9.31. The number of anilines is 1. The molecule has 0 spiro atoms. The van der Waals surface area contributed by atoms with Crippen LogP contribution in [0.5, 0.6) is 0 Å². The summed E-state index contributed by atoms with van der Waals surface area (Å²) in [6.45, 7) is 5.04. The predicted octanol–water partition coefficient (Wildman–Crippen LogP) is 0.898. The minimum absolute atomic E-state index is 0.657. The number of imidazole rings is 1. The van der Waals surface area contributed by atoms with Crippen LogP contribution in [0.4, 0.5) is 5.95 Å². The van der Waals surface area contributed by atoms with Gasteiger partial charge in [0, 0.05) is 39.2 Å². The number of nitrogens with zero attached hydrogens (tertiary/aromatic N) is 5. The molecule has 0 aliphatic carbocycles. The smallest absolute Gasteiger partial charge is 0.203 e. The highest BCUT2D eigenvalue weighted by Gasteiger charge is 2.06. The van der Waals surface area contributed by atoms with Crippen molar-refractivity contribution < 1.29 is 4.74 Å². The summed E-state index contributed by atoms with van der Waals surface area (Å²) in [4.78, 5) is 4.30. The van der Waals surface area contributed by atoms with Gasteiger partial charge in [0.2, 0.25) is 5.95 Å². The van der Waals surface area contributed by atoms with Gasteiger partial charge in [-0.3, -0.25) is 0 Å². The van der Waals surface area contributed by atoms with Crippen LogP contribution in [0.2, 0.25) is 0 Å². The topological polar surface area (TPSA) is 69.8 Å². The molecule has 19 heavy (non-hydrogen) atoms. The van der Waals surface area contributed by atoms with Crippen molar-refractivity contribution in [2.45, 2.75) is 19.9 Å². The Balaban J connectivity index is 1.85. The van der Waals surface area contributed by atoms with Gasteiger partial charge in [0.1, 0.15) is 6.33 Å². The molecule has 0 aromatic carbocycles. The van der Waals surface area contributed by atoms with E-state index < -0.39 is 0 Å². The third kappa shape index (κ3) is 3.78. The molecule has 1 N–H and O–H groups in total. The minimum Gasteiger partial charge on any atom is -0.382 e. The highest BCUT2D eigenvalue weighted by Crippen LogP contribution is 2.07. The normalized spacial score (nSPS) is 10.8. The van der Waals surface area contributed by atoms with Gasteiger partial charge in [-0.15, -0.1) is 10.2 Å². The van der Waals surface area contributed by atoms with Gasteiger partial charge in [-0.05, 0) is 13.3 Å². The first kappa shape index (κ1) is 13.5. The Morgan fingerprint density at radius 1 is 1.42 bits per heavy atom. The lowest BCUT2D eigenvalue weighted by Gasteiger charge is -2.09. The summed E-state index contributed by atoms with van der Waals surface area (Å²) in [5, 5.41) is 11.2. The second-order valence-corrected chi connectivity index (χ2v) is 4.21. The van der Waals surface area contributed by atoms with Gasteiger partial charge < -0.3 is 19.2 Å². The van der Waals surface area contributed by atoms with E-state index >= 15 is 0 Å². The maximum Gasteiger partial charge on any atom is 0.203 e. The Morgan fingerprint density at radius 3 is 3.05 bits per heavy atom. The fourth-order valence-electron chi connectivity index (χ4n) is 1.73.